The fourth-order valence-corrected chi connectivity index (χ4v) is 2.94. The molecule has 170 valence electrons. The summed E-state index contributed by atoms with van der Waals surface area (Å²) in [4.78, 5) is 25.8. The maximum absolute atomic E-state index is 11.2. The Morgan fingerprint density at radius 3 is 2.29 bits per heavy atom. The van der Waals surface area contributed by atoms with Crippen LogP contribution in [-0.2, 0) is 0 Å². The molecule has 1 aromatic heterocycles. The van der Waals surface area contributed by atoms with E-state index in [2.05, 4.69) is 51.7 Å². The summed E-state index contributed by atoms with van der Waals surface area (Å²) in [6.07, 6.45) is 4.39. The van der Waals surface area contributed by atoms with Gasteiger partial charge in [-0.15, -0.1) is 0 Å². The lowest BCUT2D eigenvalue weighted by molar-refractivity contribution is 0.249. The summed E-state index contributed by atoms with van der Waals surface area (Å²) < 4.78 is 0. The lowest BCUT2D eigenvalue weighted by Crippen LogP contribution is -2.34. The van der Waals surface area contributed by atoms with E-state index in [0.717, 1.165) is 5.16 Å². The van der Waals surface area contributed by atoms with Gasteiger partial charge in [-0.05, 0) is 58.1 Å². The Bertz CT molecular complexity index is 904. The van der Waals surface area contributed by atoms with Crippen molar-refractivity contribution in [1.82, 2.24) is 20.3 Å². The second-order valence-corrected chi connectivity index (χ2v) is 9.56. The molecule has 1 saturated carbocycles. The second-order valence-electron chi connectivity index (χ2n) is 7.98. The Kier molecular flexibility index (Phi) is 9.02. The van der Waals surface area contributed by atoms with E-state index in [1.54, 1.807) is 32.3 Å². The molecule has 8 nitrogen and oxygen atoms in total. The van der Waals surface area contributed by atoms with E-state index in [-0.39, 0.29) is 11.6 Å². The molecule has 0 unspecified atom stereocenters. The van der Waals surface area contributed by atoms with Gasteiger partial charge in [0, 0.05) is 31.4 Å². The summed E-state index contributed by atoms with van der Waals surface area (Å²) >= 11 is 13.1. The zero-order chi connectivity index (χ0) is 23.2. The predicted octanol–water partition coefficient (Wildman–Crippen LogP) is 5.15. The van der Waals surface area contributed by atoms with Gasteiger partial charge in [-0.1, -0.05) is 35.0 Å². The maximum atomic E-state index is 11.2. The molecule has 0 aliphatic heterocycles. The third-order valence-corrected chi connectivity index (χ3v) is 5.29. The van der Waals surface area contributed by atoms with Crippen LogP contribution < -0.4 is 20.9 Å². The van der Waals surface area contributed by atoms with E-state index in [0.29, 0.717) is 33.7 Å². The maximum Gasteiger partial charge on any atom is 0.321 e. The first-order valence-electron chi connectivity index (χ1n) is 9.77. The average Bonchev–Trinajstić information content (AvgIpc) is 3.51. The zero-order valence-electron chi connectivity index (χ0n) is 18.6. The SMILES string of the molecule is CNC(=O)N(C)c1ccc(Cl)c(Cl)c1.CSc1nc(NC2CC2)nc(NC(C)(C)C)n1. The minimum absolute atomic E-state index is 0.0477. The number of hydrogen-bond donors (Lipinski definition) is 3. The Balaban J connectivity index is 0.000000225. The molecule has 1 fully saturated rings. The van der Waals surface area contributed by atoms with Crippen molar-refractivity contribution < 1.29 is 4.79 Å². The van der Waals surface area contributed by atoms with Gasteiger partial charge >= 0.3 is 6.03 Å². The van der Waals surface area contributed by atoms with Crippen molar-refractivity contribution in [3.63, 3.8) is 0 Å². The molecule has 0 saturated heterocycles. The van der Waals surface area contributed by atoms with Gasteiger partial charge in [0.25, 0.3) is 0 Å². The molecule has 0 spiro atoms. The van der Waals surface area contributed by atoms with Crippen LogP contribution >= 0.6 is 35.0 Å². The van der Waals surface area contributed by atoms with Crippen LogP contribution in [0.3, 0.4) is 0 Å². The number of amides is 2. The molecule has 1 aliphatic carbocycles. The van der Waals surface area contributed by atoms with Gasteiger partial charge in [0.2, 0.25) is 11.9 Å². The smallest absolute Gasteiger partial charge is 0.321 e. The Morgan fingerprint density at radius 1 is 1.13 bits per heavy atom. The molecule has 1 aromatic carbocycles. The topological polar surface area (TPSA) is 95.1 Å². The highest BCUT2D eigenvalue weighted by atomic mass is 35.5. The van der Waals surface area contributed by atoms with Crippen LogP contribution in [0.5, 0.6) is 0 Å². The van der Waals surface area contributed by atoms with Gasteiger partial charge in [-0.3, -0.25) is 4.90 Å². The first-order chi connectivity index (χ1) is 14.5. The van der Waals surface area contributed by atoms with E-state index in [1.807, 2.05) is 6.26 Å². The number of carbonyl (C=O) groups excluding carboxylic acids is 1. The van der Waals surface area contributed by atoms with E-state index in [9.17, 15) is 4.79 Å². The van der Waals surface area contributed by atoms with E-state index >= 15 is 0 Å². The number of hydrogen-bond acceptors (Lipinski definition) is 7. The first-order valence-corrected chi connectivity index (χ1v) is 11.8. The monoisotopic (exact) mass is 485 g/mol. The Morgan fingerprint density at radius 2 is 1.77 bits per heavy atom. The van der Waals surface area contributed by atoms with Crippen molar-refractivity contribution >= 4 is 58.6 Å². The summed E-state index contributed by atoms with van der Waals surface area (Å²) in [6, 6.07) is 5.36. The molecule has 0 bridgehead atoms. The molecule has 2 aromatic rings. The van der Waals surface area contributed by atoms with Gasteiger partial charge < -0.3 is 16.0 Å². The Hall–Kier alpha value is -1.97. The van der Waals surface area contributed by atoms with E-state index in [4.69, 9.17) is 23.2 Å². The second kappa shape index (κ2) is 11.1. The zero-order valence-corrected chi connectivity index (χ0v) is 20.9. The van der Waals surface area contributed by atoms with Gasteiger partial charge in [0.15, 0.2) is 5.16 Å². The number of anilines is 3. The quantitative estimate of drug-likeness (QED) is 0.504. The normalized spacial score (nSPS) is 13.0. The molecule has 1 aliphatic rings. The molecule has 0 radical (unpaired) electrons. The van der Waals surface area contributed by atoms with Crippen LogP contribution in [0, 0.1) is 0 Å². The standard InChI is InChI=1S/C11H19N5S.C9H10Cl2N2O/c1-11(2,3)16-9-13-8(12-7-5-6-7)14-10(15-9)17-4;1-12-9(14)13(2)6-3-4-7(10)8(11)5-6/h7H,5-6H2,1-4H3,(H2,12,13,14,15,16);3-5H,1-2H3,(H,12,14). The number of carbonyl (C=O) groups is 1. The summed E-state index contributed by atoms with van der Waals surface area (Å²) in [5.41, 5.74) is 0.646. The summed E-state index contributed by atoms with van der Waals surface area (Å²) in [5, 5.41) is 10.7. The van der Waals surface area contributed by atoms with Gasteiger partial charge in [0.05, 0.1) is 10.0 Å². The van der Waals surface area contributed by atoms with Crippen LogP contribution in [0.2, 0.25) is 10.0 Å². The third kappa shape index (κ3) is 8.59. The highest BCUT2D eigenvalue weighted by Crippen LogP contribution is 2.27. The number of halogens is 2. The van der Waals surface area contributed by atoms with E-state index < -0.39 is 0 Å². The minimum Gasteiger partial charge on any atom is -0.351 e. The molecular formula is C20H29Cl2N7OS. The van der Waals surface area contributed by atoms with Gasteiger partial charge in [0.1, 0.15) is 0 Å². The molecule has 1 heterocycles. The molecule has 3 rings (SSSR count). The number of benzene rings is 1. The van der Waals surface area contributed by atoms with E-state index in [1.165, 1.54) is 29.5 Å². The van der Waals surface area contributed by atoms with Crippen molar-refractivity contribution in [3.05, 3.63) is 28.2 Å². The van der Waals surface area contributed by atoms with Crippen LogP contribution in [0.1, 0.15) is 33.6 Å². The number of rotatable bonds is 5. The van der Waals surface area contributed by atoms with Crippen molar-refractivity contribution in [2.75, 3.05) is 35.9 Å². The van der Waals surface area contributed by atoms with Gasteiger partial charge in [-0.25, -0.2) is 4.79 Å². The highest BCUT2D eigenvalue weighted by molar-refractivity contribution is 7.98. The molecule has 3 N–H and O–H groups in total. The van der Waals surface area contributed by atoms with Crippen LogP contribution in [0.4, 0.5) is 22.4 Å². The molecule has 31 heavy (non-hydrogen) atoms. The van der Waals surface area contributed by atoms with Crippen LogP contribution in [0.15, 0.2) is 23.4 Å². The fourth-order valence-electron chi connectivity index (χ4n) is 2.29. The molecule has 0 atom stereocenters. The molecule has 11 heteroatoms. The molecular weight excluding hydrogens is 457 g/mol. The Labute approximate surface area is 197 Å². The summed E-state index contributed by atoms with van der Waals surface area (Å²) in [6.45, 7) is 6.26. The van der Waals surface area contributed by atoms with Crippen LogP contribution in [-0.4, -0.2) is 52.9 Å². The number of nitrogens with one attached hydrogen (secondary N) is 3. The van der Waals surface area contributed by atoms with Crippen molar-refractivity contribution in [3.8, 4) is 0 Å². The minimum atomic E-state index is -0.205. The number of aromatic nitrogens is 3. The molecule has 2 amide bonds. The highest BCUT2D eigenvalue weighted by Gasteiger charge is 2.23. The summed E-state index contributed by atoms with van der Waals surface area (Å²) in [5.74, 6) is 1.32. The summed E-state index contributed by atoms with van der Waals surface area (Å²) in [7, 11) is 3.22. The third-order valence-electron chi connectivity index (χ3n) is 4.00. The lowest BCUT2D eigenvalue weighted by Gasteiger charge is -2.20. The number of urea groups is 1. The van der Waals surface area contributed by atoms with Gasteiger partial charge in [-0.2, -0.15) is 15.0 Å². The first kappa shape index (κ1) is 25.3. The largest absolute Gasteiger partial charge is 0.351 e. The predicted molar refractivity (Wildman–Crippen MR) is 131 cm³/mol. The lowest BCUT2D eigenvalue weighted by atomic mass is 10.1. The fraction of sp³-hybridized carbons (Fsp3) is 0.500. The van der Waals surface area contributed by atoms with Crippen molar-refractivity contribution in [2.45, 2.75) is 50.4 Å². The van der Waals surface area contributed by atoms with Crippen molar-refractivity contribution in [1.29, 1.82) is 0 Å². The van der Waals surface area contributed by atoms with Crippen LogP contribution in [0.25, 0.3) is 0 Å². The number of nitrogens with zero attached hydrogens (tertiary/aromatic N) is 4. The van der Waals surface area contributed by atoms with Crippen molar-refractivity contribution in [2.24, 2.45) is 0 Å². The number of thioether (sulfide) groups is 1. The average molecular weight is 486 g/mol.